The number of carbonyl (C=O) groups excluding carboxylic acids is 1. The Morgan fingerprint density at radius 2 is 2.00 bits per heavy atom. The average molecular weight is 435 g/mol. The zero-order chi connectivity index (χ0) is 21.6. The summed E-state index contributed by atoms with van der Waals surface area (Å²) in [5.74, 6) is -0.0970. The number of amides is 1. The van der Waals surface area contributed by atoms with Gasteiger partial charge in [-0.15, -0.1) is 0 Å². The maximum absolute atomic E-state index is 13.3. The number of carbonyl (C=O) groups is 1. The number of piperidine rings is 1. The van der Waals surface area contributed by atoms with Gasteiger partial charge < -0.3 is 10.1 Å². The molecule has 2 aromatic carbocycles. The van der Waals surface area contributed by atoms with Crippen LogP contribution in [0.25, 0.3) is 0 Å². The lowest BCUT2D eigenvalue weighted by Gasteiger charge is -2.33. The number of hydrogen-bond acceptors (Lipinski definition) is 4. The fourth-order valence-corrected chi connectivity index (χ4v) is 5.30. The minimum atomic E-state index is -3.45. The summed E-state index contributed by atoms with van der Waals surface area (Å²) in [4.78, 5) is 12.9. The second kappa shape index (κ2) is 10.0. The van der Waals surface area contributed by atoms with Crippen LogP contribution in [0, 0.1) is 5.82 Å². The van der Waals surface area contributed by atoms with Crippen LogP contribution in [0.1, 0.15) is 38.2 Å². The van der Waals surface area contributed by atoms with Crippen LogP contribution in [0.5, 0.6) is 5.75 Å². The van der Waals surface area contributed by atoms with Crippen LogP contribution >= 0.6 is 0 Å². The van der Waals surface area contributed by atoms with E-state index < -0.39 is 16.1 Å². The van der Waals surface area contributed by atoms with Crippen molar-refractivity contribution in [3.63, 3.8) is 0 Å². The number of hydrogen-bond donors (Lipinski definition) is 1. The normalized spacial score (nSPS) is 17.5. The van der Waals surface area contributed by atoms with Gasteiger partial charge in [0.25, 0.3) is 0 Å². The fourth-order valence-electron chi connectivity index (χ4n) is 3.56. The van der Waals surface area contributed by atoms with Crippen LogP contribution < -0.4 is 10.1 Å². The predicted molar refractivity (Wildman–Crippen MR) is 114 cm³/mol. The minimum Gasteiger partial charge on any atom is -0.489 e. The molecule has 30 heavy (non-hydrogen) atoms. The van der Waals surface area contributed by atoms with Gasteiger partial charge in [0.05, 0.1) is 5.75 Å². The highest BCUT2D eigenvalue weighted by Crippen LogP contribution is 2.24. The first-order valence-corrected chi connectivity index (χ1v) is 11.8. The van der Waals surface area contributed by atoms with Gasteiger partial charge in [0.1, 0.15) is 24.2 Å². The maximum Gasteiger partial charge on any atom is 0.242 e. The summed E-state index contributed by atoms with van der Waals surface area (Å²) in [6.07, 6.45) is 2.59. The fraction of sp³-hybridized carbons (Fsp3) is 0.409. The van der Waals surface area contributed by atoms with Crippen LogP contribution in [0.3, 0.4) is 0 Å². The van der Waals surface area contributed by atoms with Crippen molar-refractivity contribution in [1.29, 1.82) is 0 Å². The Balaban J connectivity index is 1.66. The first-order chi connectivity index (χ1) is 14.4. The molecule has 0 spiro atoms. The number of nitrogens with one attached hydrogen (secondary N) is 1. The van der Waals surface area contributed by atoms with Gasteiger partial charge >= 0.3 is 0 Å². The molecule has 1 fully saturated rings. The van der Waals surface area contributed by atoms with E-state index in [1.807, 2.05) is 6.92 Å². The quantitative estimate of drug-likeness (QED) is 0.683. The smallest absolute Gasteiger partial charge is 0.242 e. The van der Waals surface area contributed by atoms with Crippen LogP contribution in [0.2, 0.25) is 0 Å². The zero-order valence-electron chi connectivity index (χ0n) is 17.0. The van der Waals surface area contributed by atoms with Crippen LogP contribution in [-0.2, 0) is 21.4 Å². The highest BCUT2D eigenvalue weighted by molar-refractivity contribution is 7.89. The van der Waals surface area contributed by atoms with E-state index in [4.69, 9.17) is 4.74 Å². The average Bonchev–Trinajstić information content (AvgIpc) is 2.72. The molecule has 1 aliphatic heterocycles. The van der Waals surface area contributed by atoms with Gasteiger partial charge in [-0.3, -0.25) is 4.79 Å². The molecule has 1 N–H and O–H groups in total. The molecule has 1 aliphatic rings. The Kier molecular flexibility index (Phi) is 7.44. The first kappa shape index (κ1) is 22.2. The second-order valence-electron chi connectivity index (χ2n) is 7.37. The van der Waals surface area contributed by atoms with Crippen molar-refractivity contribution in [1.82, 2.24) is 4.31 Å². The third-order valence-corrected chi connectivity index (χ3v) is 7.05. The summed E-state index contributed by atoms with van der Waals surface area (Å²) in [6, 6.07) is 12.3. The van der Waals surface area contributed by atoms with Crippen LogP contribution in [-0.4, -0.2) is 37.0 Å². The summed E-state index contributed by atoms with van der Waals surface area (Å²) in [5, 5.41) is 2.82. The number of ether oxygens (including phenoxy) is 1. The van der Waals surface area contributed by atoms with Gasteiger partial charge in [-0.25, -0.2) is 12.8 Å². The molecule has 1 unspecified atom stereocenters. The summed E-state index contributed by atoms with van der Waals surface area (Å²) in [6.45, 7) is 2.38. The molecule has 2 aromatic rings. The van der Waals surface area contributed by atoms with Crippen molar-refractivity contribution in [2.45, 2.75) is 45.3 Å². The van der Waals surface area contributed by atoms with E-state index in [0.29, 0.717) is 36.4 Å². The van der Waals surface area contributed by atoms with Crippen molar-refractivity contribution in [3.8, 4) is 5.75 Å². The lowest BCUT2D eigenvalue weighted by atomic mass is 10.0. The van der Waals surface area contributed by atoms with E-state index in [2.05, 4.69) is 5.32 Å². The number of sulfonamides is 1. The number of anilines is 1. The molecule has 0 radical (unpaired) electrons. The lowest BCUT2D eigenvalue weighted by molar-refractivity contribution is -0.120. The van der Waals surface area contributed by atoms with Crippen LogP contribution in [0.4, 0.5) is 10.1 Å². The van der Waals surface area contributed by atoms with Gasteiger partial charge in [0.15, 0.2) is 0 Å². The molecular weight excluding hydrogens is 407 g/mol. The molecule has 0 aromatic heterocycles. The van der Waals surface area contributed by atoms with E-state index in [1.54, 1.807) is 36.4 Å². The third-order valence-electron chi connectivity index (χ3n) is 4.97. The Bertz CT molecular complexity index is 981. The largest absolute Gasteiger partial charge is 0.489 e. The Morgan fingerprint density at radius 1 is 1.20 bits per heavy atom. The minimum absolute atomic E-state index is 0.0419. The highest BCUT2D eigenvalue weighted by Gasteiger charge is 2.36. The third kappa shape index (κ3) is 5.79. The molecular formula is C22H27FN2O4S. The van der Waals surface area contributed by atoms with Gasteiger partial charge in [-0.1, -0.05) is 31.5 Å². The molecule has 6 nitrogen and oxygen atoms in total. The van der Waals surface area contributed by atoms with E-state index >= 15 is 0 Å². The summed E-state index contributed by atoms with van der Waals surface area (Å²) < 4.78 is 45.4. The molecule has 1 amide bonds. The van der Waals surface area contributed by atoms with E-state index in [9.17, 15) is 17.6 Å². The summed E-state index contributed by atoms with van der Waals surface area (Å²) in [5.41, 5.74) is 1.22. The number of benzene rings is 2. The van der Waals surface area contributed by atoms with Crippen molar-refractivity contribution >= 4 is 21.6 Å². The molecule has 1 heterocycles. The molecule has 1 saturated heterocycles. The highest BCUT2D eigenvalue weighted by atomic mass is 32.2. The number of nitrogens with zero attached hydrogens (tertiary/aromatic N) is 1. The Labute approximate surface area is 177 Å². The van der Waals surface area contributed by atoms with E-state index in [-0.39, 0.29) is 24.1 Å². The van der Waals surface area contributed by atoms with Crippen molar-refractivity contribution in [2.75, 3.05) is 17.6 Å². The SMILES string of the molecule is CCCS(=O)(=O)N1CCCCC1C(=O)Nc1cccc(OCc2cccc(F)c2)c1. The van der Waals surface area contributed by atoms with Gasteiger partial charge in [0.2, 0.25) is 15.9 Å². The number of rotatable bonds is 8. The van der Waals surface area contributed by atoms with Crippen molar-refractivity contribution in [3.05, 3.63) is 59.9 Å². The monoisotopic (exact) mass is 434 g/mol. The van der Waals surface area contributed by atoms with Crippen molar-refractivity contribution < 1.29 is 22.3 Å². The Morgan fingerprint density at radius 3 is 2.77 bits per heavy atom. The molecule has 0 saturated carbocycles. The van der Waals surface area contributed by atoms with Crippen molar-refractivity contribution in [2.24, 2.45) is 0 Å². The molecule has 1 atom stereocenters. The van der Waals surface area contributed by atoms with E-state index in [0.717, 1.165) is 12.8 Å². The van der Waals surface area contributed by atoms with E-state index in [1.165, 1.54) is 16.4 Å². The van der Waals surface area contributed by atoms with Crippen LogP contribution in [0.15, 0.2) is 48.5 Å². The first-order valence-electron chi connectivity index (χ1n) is 10.2. The molecule has 0 bridgehead atoms. The second-order valence-corrected chi connectivity index (χ2v) is 9.42. The zero-order valence-corrected chi connectivity index (χ0v) is 17.8. The predicted octanol–water partition coefficient (Wildman–Crippen LogP) is 3.94. The number of halogens is 1. The topological polar surface area (TPSA) is 75.7 Å². The molecule has 8 heteroatoms. The van der Waals surface area contributed by atoms with Gasteiger partial charge in [0, 0.05) is 18.3 Å². The maximum atomic E-state index is 13.3. The lowest BCUT2D eigenvalue weighted by Crippen LogP contribution is -2.50. The van der Waals surface area contributed by atoms with Gasteiger partial charge in [-0.2, -0.15) is 4.31 Å². The summed E-state index contributed by atoms with van der Waals surface area (Å²) in [7, 11) is -3.45. The standard InChI is InChI=1S/C22H27FN2O4S/c1-2-13-30(27,28)25-12-4-3-11-21(25)22(26)24-19-9-6-10-20(15-19)29-16-17-7-5-8-18(23)14-17/h5-10,14-15,21H,2-4,11-13,16H2,1H3,(H,24,26). The molecule has 3 rings (SSSR count). The molecule has 162 valence electrons. The Hall–Kier alpha value is -2.45. The summed E-state index contributed by atoms with van der Waals surface area (Å²) >= 11 is 0. The van der Waals surface area contributed by atoms with Gasteiger partial charge in [-0.05, 0) is 49.1 Å². The molecule has 0 aliphatic carbocycles.